The van der Waals surface area contributed by atoms with E-state index in [9.17, 15) is 8.42 Å². The standard InChI is InChI=1S/C12H11N3O3S/c1-8-5-11(4-3-10(8)7-13)19(16,17)15-12-6-9(2)14-18-12/h3-6,15H,1-2H3. The number of benzene rings is 1. The third-order valence-electron chi connectivity index (χ3n) is 2.49. The molecular formula is C12H11N3O3S. The Morgan fingerprint density at radius 2 is 2.05 bits per heavy atom. The zero-order valence-electron chi connectivity index (χ0n) is 10.3. The molecule has 1 aromatic carbocycles. The predicted molar refractivity (Wildman–Crippen MR) is 67.9 cm³/mol. The van der Waals surface area contributed by atoms with Crippen LogP contribution in [0.5, 0.6) is 0 Å². The van der Waals surface area contributed by atoms with Crippen molar-refractivity contribution in [1.29, 1.82) is 5.26 Å². The minimum Gasteiger partial charge on any atom is -0.338 e. The highest BCUT2D eigenvalue weighted by Gasteiger charge is 2.17. The fourth-order valence-electron chi connectivity index (χ4n) is 1.53. The molecule has 0 aliphatic carbocycles. The molecule has 0 aliphatic rings. The Labute approximate surface area is 110 Å². The Morgan fingerprint density at radius 3 is 2.58 bits per heavy atom. The van der Waals surface area contributed by atoms with Crippen LogP contribution in [0.4, 0.5) is 5.88 Å². The number of anilines is 1. The van der Waals surface area contributed by atoms with Gasteiger partial charge in [-0.05, 0) is 37.6 Å². The zero-order chi connectivity index (χ0) is 14.0. The van der Waals surface area contributed by atoms with Crippen LogP contribution in [0.15, 0.2) is 33.7 Å². The lowest BCUT2D eigenvalue weighted by molar-refractivity contribution is 0.430. The summed E-state index contributed by atoms with van der Waals surface area (Å²) in [6.45, 7) is 3.36. The first-order valence-electron chi connectivity index (χ1n) is 5.39. The Kier molecular flexibility index (Phi) is 3.27. The van der Waals surface area contributed by atoms with Crippen molar-refractivity contribution in [3.63, 3.8) is 0 Å². The minimum absolute atomic E-state index is 0.0551. The van der Waals surface area contributed by atoms with Crippen LogP contribution in [0.1, 0.15) is 16.8 Å². The van der Waals surface area contributed by atoms with Crippen LogP contribution >= 0.6 is 0 Å². The summed E-state index contributed by atoms with van der Waals surface area (Å²) in [5, 5.41) is 12.4. The van der Waals surface area contributed by atoms with Crippen LogP contribution in [0.2, 0.25) is 0 Å². The molecule has 0 fully saturated rings. The van der Waals surface area contributed by atoms with Gasteiger partial charge in [-0.15, -0.1) is 0 Å². The van der Waals surface area contributed by atoms with E-state index in [0.717, 1.165) is 0 Å². The summed E-state index contributed by atoms with van der Waals surface area (Å²) in [4.78, 5) is 0.0676. The van der Waals surface area contributed by atoms with Gasteiger partial charge >= 0.3 is 0 Å². The smallest absolute Gasteiger partial charge is 0.264 e. The molecule has 1 heterocycles. The van der Waals surface area contributed by atoms with Crippen LogP contribution in [0, 0.1) is 25.2 Å². The first kappa shape index (κ1) is 13.1. The fourth-order valence-corrected chi connectivity index (χ4v) is 2.59. The number of hydrogen-bond acceptors (Lipinski definition) is 5. The van der Waals surface area contributed by atoms with Crippen LogP contribution in [0.25, 0.3) is 0 Å². The van der Waals surface area contributed by atoms with Gasteiger partial charge in [-0.1, -0.05) is 5.16 Å². The van der Waals surface area contributed by atoms with E-state index in [4.69, 9.17) is 9.78 Å². The van der Waals surface area contributed by atoms with Crippen molar-refractivity contribution in [2.24, 2.45) is 0 Å². The molecule has 7 heteroatoms. The zero-order valence-corrected chi connectivity index (χ0v) is 11.2. The number of sulfonamides is 1. The summed E-state index contributed by atoms with van der Waals surface area (Å²) < 4.78 is 31.2. The predicted octanol–water partition coefficient (Wildman–Crippen LogP) is 1.96. The highest BCUT2D eigenvalue weighted by molar-refractivity contribution is 7.92. The van der Waals surface area contributed by atoms with Gasteiger partial charge in [0.05, 0.1) is 22.2 Å². The Bertz CT molecular complexity index is 757. The van der Waals surface area contributed by atoms with E-state index in [2.05, 4.69) is 9.88 Å². The fraction of sp³-hybridized carbons (Fsp3) is 0.167. The molecule has 0 amide bonds. The molecule has 0 aliphatic heterocycles. The Balaban J connectivity index is 2.35. The van der Waals surface area contributed by atoms with Gasteiger partial charge in [0.1, 0.15) is 0 Å². The molecule has 2 rings (SSSR count). The molecule has 6 nitrogen and oxygen atoms in total. The van der Waals surface area contributed by atoms with E-state index < -0.39 is 10.0 Å². The van der Waals surface area contributed by atoms with Crippen molar-refractivity contribution in [1.82, 2.24) is 5.16 Å². The SMILES string of the molecule is Cc1cc(NS(=O)(=O)c2ccc(C#N)c(C)c2)on1. The highest BCUT2D eigenvalue weighted by Crippen LogP contribution is 2.19. The van der Waals surface area contributed by atoms with Gasteiger partial charge in [-0.3, -0.25) is 0 Å². The summed E-state index contributed by atoms with van der Waals surface area (Å²) in [5.41, 5.74) is 1.61. The quantitative estimate of drug-likeness (QED) is 0.925. The lowest BCUT2D eigenvalue weighted by Gasteiger charge is -2.06. The number of aromatic nitrogens is 1. The Hall–Kier alpha value is -2.33. The molecule has 1 N–H and O–H groups in total. The normalized spacial score (nSPS) is 11.0. The maximum Gasteiger partial charge on any atom is 0.264 e. The van der Waals surface area contributed by atoms with Gasteiger partial charge in [0.15, 0.2) is 0 Å². The summed E-state index contributed by atoms with van der Waals surface area (Å²) in [7, 11) is -3.74. The first-order valence-corrected chi connectivity index (χ1v) is 6.87. The highest BCUT2D eigenvalue weighted by atomic mass is 32.2. The number of nitriles is 1. The van der Waals surface area contributed by atoms with E-state index in [1.165, 1.54) is 24.3 Å². The molecule has 0 radical (unpaired) electrons. The molecule has 0 spiro atoms. The average molecular weight is 277 g/mol. The van der Waals surface area contributed by atoms with Crippen LogP contribution in [0.3, 0.4) is 0 Å². The molecule has 0 saturated carbocycles. The lowest BCUT2D eigenvalue weighted by atomic mass is 10.1. The Morgan fingerprint density at radius 1 is 1.32 bits per heavy atom. The topological polar surface area (TPSA) is 96.0 Å². The van der Waals surface area contributed by atoms with E-state index in [1.54, 1.807) is 13.8 Å². The summed E-state index contributed by atoms with van der Waals surface area (Å²) in [6.07, 6.45) is 0. The summed E-state index contributed by atoms with van der Waals surface area (Å²) in [6, 6.07) is 7.74. The number of aryl methyl sites for hydroxylation is 2. The maximum atomic E-state index is 12.1. The van der Waals surface area contributed by atoms with Crippen molar-refractivity contribution >= 4 is 15.9 Å². The molecular weight excluding hydrogens is 266 g/mol. The largest absolute Gasteiger partial charge is 0.338 e. The third kappa shape index (κ3) is 2.74. The molecule has 19 heavy (non-hydrogen) atoms. The van der Waals surface area contributed by atoms with Gasteiger partial charge in [0.25, 0.3) is 10.0 Å². The maximum absolute atomic E-state index is 12.1. The second-order valence-corrected chi connectivity index (χ2v) is 5.71. The van der Waals surface area contributed by atoms with E-state index in [1.807, 2.05) is 6.07 Å². The number of nitrogens with one attached hydrogen (secondary N) is 1. The van der Waals surface area contributed by atoms with Crippen molar-refractivity contribution in [2.45, 2.75) is 18.7 Å². The van der Waals surface area contributed by atoms with Crippen LogP contribution in [-0.4, -0.2) is 13.6 Å². The molecule has 0 atom stereocenters. The second kappa shape index (κ2) is 4.74. The van der Waals surface area contributed by atoms with Crippen molar-refractivity contribution in [3.05, 3.63) is 41.1 Å². The molecule has 0 saturated heterocycles. The van der Waals surface area contributed by atoms with Gasteiger partial charge in [0, 0.05) is 6.07 Å². The molecule has 0 unspecified atom stereocenters. The van der Waals surface area contributed by atoms with Gasteiger partial charge in [-0.25, -0.2) is 13.1 Å². The minimum atomic E-state index is -3.74. The number of rotatable bonds is 3. The van der Waals surface area contributed by atoms with E-state index in [-0.39, 0.29) is 10.8 Å². The monoisotopic (exact) mass is 277 g/mol. The second-order valence-electron chi connectivity index (χ2n) is 4.03. The molecule has 2 aromatic rings. The lowest BCUT2D eigenvalue weighted by Crippen LogP contribution is -2.12. The van der Waals surface area contributed by atoms with E-state index in [0.29, 0.717) is 16.8 Å². The van der Waals surface area contributed by atoms with Crippen molar-refractivity contribution < 1.29 is 12.9 Å². The van der Waals surface area contributed by atoms with Crippen LogP contribution in [-0.2, 0) is 10.0 Å². The van der Waals surface area contributed by atoms with E-state index >= 15 is 0 Å². The number of hydrogen-bond donors (Lipinski definition) is 1. The third-order valence-corrected chi connectivity index (χ3v) is 3.84. The van der Waals surface area contributed by atoms with Gasteiger partial charge < -0.3 is 4.52 Å². The van der Waals surface area contributed by atoms with Gasteiger partial charge in [-0.2, -0.15) is 5.26 Å². The number of nitrogens with zero attached hydrogens (tertiary/aromatic N) is 2. The summed E-state index contributed by atoms with van der Waals surface area (Å²) in [5.74, 6) is 0.0551. The molecule has 1 aromatic heterocycles. The summed E-state index contributed by atoms with van der Waals surface area (Å²) >= 11 is 0. The first-order chi connectivity index (χ1) is 8.92. The van der Waals surface area contributed by atoms with Crippen molar-refractivity contribution in [2.75, 3.05) is 4.72 Å². The molecule has 98 valence electrons. The average Bonchev–Trinajstić information content (AvgIpc) is 2.73. The van der Waals surface area contributed by atoms with Crippen molar-refractivity contribution in [3.8, 4) is 6.07 Å². The molecule has 0 bridgehead atoms. The van der Waals surface area contributed by atoms with Crippen LogP contribution < -0.4 is 4.72 Å². The van der Waals surface area contributed by atoms with Gasteiger partial charge in [0.2, 0.25) is 5.88 Å².